The number of halogens is 1. The lowest BCUT2D eigenvalue weighted by Crippen LogP contribution is -2.40. The summed E-state index contributed by atoms with van der Waals surface area (Å²) in [6.45, 7) is -9.49. The van der Waals surface area contributed by atoms with Crippen LogP contribution in [0, 0.1) is 5.92 Å². The summed E-state index contributed by atoms with van der Waals surface area (Å²) >= 11 is 9.22. The highest BCUT2D eigenvalue weighted by Gasteiger charge is 2.49. The van der Waals surface area contributed by atoms with Crippen LogP contribution >= 0.6 is 25.8 Å². The van der Waals surface area contributed by atoms with Crippen molar-refractivity contribution in [2.24, 2.45) is 5.92 Å². The molecule has 17 nitrogen and oxygen atoms in total. The largest absolute Gasteiger partial charge is 0.388 e. The average Bonchev–Trinajstić information content (AvgIpc) is 3.47. The number of thiol groups is 1. The average molecular weight is 669 g/mol. The summed E-state index contributed by atoms with van der Waals surface area (Å²) in [5, 5.41) is 14.2. The molecule has 22 heteroatoms. The second-order valence-electron chi connectivity index (χ2n) is 9.42. The number of imidazole rings is 1. The third kappa shape index (κ3) is 6.84. The molecular formula is C20H27FN8O9P2S2. The van der Waals surface area contributed by atoms with Crippen molar-refractivity contribution in [2.75, 3.05) is 31.4 Å². The number of nitrogens with zero attached hydrogens (tertiary/aromatic N) is 5. The molecular weight excluding hydrogens is 641 g/mol. The number of aliphatic hydroxyl groups excluding tert-OH is 1. The maximum atomic E-state index is 15.7. The Bertz CT molecular complexity index is 1570. The predicted octanol–water partition coefficient (Wildman–Crippen LogP) is 0.908. The molecule has 0 bridgehead atoms. The highest BCUT2D eigenvalue weighted by Crippen LogP contribution is 2.58. The van der Waals surface area contributed by atoms with Gasteiger partial charge in [0.2, 0.25) is 5.95 Å². The number of H-pyrrole nitrogens is 1. The number of aromatic amines is 1. The van der Waals surface area contributed by atoms with E-state index < -0.39 is 75.0 Å². The monoisotopic (exact) mass is 668 g/mol. The summed E-state index contributed by atoms with van der Waals surface area (Å²) in [6, 6.07) is 0.676. The number of fused-ring (bicyclic) bond motifs is 2. The first-order valence-corrected chi connectivity index (χ1v) is 17.6. The summed E-state index contributed by atoms with van der Waals surface area (Å²) in [5.41, 5.74) is 4.73. The third-order valence-electron chi connectivity index (χ3n) is 6.69. The number of aliphatic hydroxyl groups is 1. The van der Waals surface area contributed by atoms with Gasteiger partial charge in [-0.25, -0.2) is 23.9 Å². The number of hydrogen-bond acceptors (Lipinski definition) is 15. The van der Waals surface area contributed by atoms with E-state index in [1.807, 2.05) is 0 Å². The Morgan fingerprint density at radius 3 is 2.83 bits per heavy atom. The van der Waals surface area contributed by atoms with Gasteiger partial charge >= 0.3 is 13.5 Å². The molecule has 42 heavy (non-hydrogen) atoms. The highest BCUT2D eigenvalue weighted by molar-refractivity contribution is 8.44. The summed E-state index contributed by atoms with van der Waals surface area (Å²) < 4.78 is 57.9. The molecule has 0 spiro atoms. The number of rotatable bonds is 4. The van der Waals surface area contributed by atoms with Crippen LogP contribution in [0.25, 0.3) is 11.2 Å². The van der Waals surface area contributed by atoms with Crippen molar-refractivity contribution in [3.8, 4) is 0 Å². The quantitative estimate of drug-likeness (QED) is 0.168. The van der Waals surface area contributed by atoms with Crippen LogP contribution in [0.15, 0.2) is 29.7 Å². The first-order chi connectivity index (χ1) is 19.9. The van der Waals surface area contributed by atoms with Crippen LogP contribution < -0.4 is 16.6 Å². The summed E-state index contributed by atoms with van der Waals surface area (Å²) in [5.74, 6) is -0.741. The van der Waals surface area contributed by atoms with Gasteiger partial charge in [0.25, 0.3) is 5.56 Å². The molecule has 2 aliphatic rings. The molecule has 3 aromatic rings. The standard InChI is InChI=1S/C20H27FN8O9P2S2/c1-34-11-6-36-39(32,41)37-16-9(4-10(13(16)21)26-12-2-3-23-7-24-12)5-35-40(33,42)38-19(15(11)30)29-8-25-14-17(29)27-20(22)28-18(14)31/h2-3,7-11,13,15-16,19,30H,4-6H2,1H3,(H,32,41)(H,33,42)(H,23,24,26)(H3,22,27,28,31)/t9-,10-,11-,13+,15-,16-,19-,39?,40?/m1/s1. The fourth-order valence-electron chi connectivity index (χ4n) is 4.70. The van der Waals surface area contributed by atoms with Crippen molar-refractivity contribution in [1.82, 2.24) is 29.5 Å². The van der Waals surface area contributed by atoms with E-state index >= 15 is 4.39 Å². The molecule has 4 heterocycles. The second kappa shape index (κ2) is 12.5. The number of ether oxygens (including phenoxy) is 1. The number of nitrogens with two attached hydrogens (primary N) is 1. The lowest BCUT2D eigenvalue weighted by molar-refractivity contribution is -0.106. The molecule has 0 radical (unpaired) electrons. The Hall–Kier alpha value is -2.09. The van der Waals surface area contributed by atoms with Gasteiger partial charge in [0.15, 0.2) is 17.4 Å². The van der Waals surface area contributed by atoms with Gasteiger partial charge in [-0.05, 0) is 24.3 Å². The Morgan fingerprint density at radius 1 is 1.33 bits per heavy atom. The maximum Gasteiger partial charge on any atom is 0.388 e. The van der Waals surface area contributed by atoms with Crippen LogP contribution in [0.1, 0.15) is 12.6 Å². The second-order valence-corrected chi connectivity index (χ2v) is 15.1. The Morgan fingerprint density at radius 2 is 2.12 bits per heavy atom. The van der Waals surface area contributed by atoms with Gasteiger partial charge in [-0.2, -0.15) is 4.98 Å². The number of anilines is 2. The SMILES string of the molecule is CO[C@@H]1COP(O)(=S)O[C@@H]2[C@@H](COP(=O)(S)O[C@@H](n3cnc4c(=O)[nH]c(N)nc43)[C@@H]1O)C[C@@H](Nc1ccncn1)[C@@H]2F. The molecule has 1 aliphatic heterocycles. The van der Waals surface area contributed by atoms with Gasteiger partial charge in [-0.15, -0.1) is 0 Å². The normalized spacial score (nSPS) is 36.5. The third-order valence-corrected chi connectivity index (χ3v) is 9.83. The van der Waals surface area contributed by atoms with Crippen molar-refractivity contribution < 1.29 is 41.8 Å². The van der Waals surface area contributed by atoms with Crippen molar-refractivity contribution in [3.05, 3.63) is 35.3 Å². The van der Waals surface area contributed by atoms with Crippen molar-refractivity contribution in [3.63, 3.8) is 0 Å². The van der Waals surface area contributed by atoms with Crippen molar-refractivity contribution >= 4 is 60.5 Å². The van der Waals surface area contributed by atoms with E-state index in [1.165, 1.54) is 19.6 Å². The molecule has 0 aromatic carbocycles. The van der Waals surface area contributed by atoms with Crippen molar-refractivity contribution in [1.29, 1.82) is 0 Å². The molecule has 9 atom stereocenters. The molecule has 3 aromatic heterocycles. The lowest BCUT2D eigenvalue weighted by Gasteiger charge is -2.31. The smallest absolute Gasteiger partial charge is 0.386 e. The first kappa shape index (κ1) is 31.3. The fraction of sp³-hybridized carbons (Fsp3) is 0.550. The summed E-state index contributed by atoms with van der Waals surface area (Å²) in [4.78, 5) is 41.3. The zero-order valence-corrected chi connectivity index (χ0v) is 25.2. The summed E-state index contributed by atoms with van der Waals surface area (Å²) in [6.07, 6.45) is -3.86. The van der Waals surface area contributed by atoms with E-state index in [-0.39, 0.29) is 23.5 Å². The minimum Gasteiger partial charge on any atom is -0.386 e. The van der Waals surface area contributed by atoms with Crippen LogP contribution in [-0.4, -0.2) is 90.3 Å². The number of alkyl halides is 1. The molecule has 2 unspecified atom stereocenters. The van der Waals surface area contributed by atoms with Crippen molar-refractivity contribution in [2.45, 2.75) is 43.2 Å². The minimum absolute atomic E-state index is 0.0732. The van der Waals surface area contributed by atoms with E-state index in [1.54, 1.807) is 6.07 Å². The Balaban J connectivity index is 1.48. The van der Waals surface area contributed by atoms with Crippen LogP contribution in [0.5, 0.6) is 0 Å². The highest BCUT2D eigenvalue weighted by atomic mass is 32.7. The van der Waals surface area contributed by atoms with Gasteiger partial charge in [0, 0.05) is 19.2 Å². The lowest BCUT2D eigenvalue weighted by atomic mass is 10.1. The van der Waals surface area contributed by atoms with E-state index in [2.05, 4.69) is 42.5 Å². The Kier molecular flexibility index (Phi) is 9.32. The van der Waals surface area contributed by atoms with E-state index in [4.69, 9.17) is 40.4 Å². The van der Waals surface area contributed by atoms with Gasteiger partial charge in [0.1, 0.15) is 36.6 Å². The molecule has 230 valence electrons. The molecule has 1 aliphatic carbocycles. The van der Waals surface area contributed by atoms with Crippen LogP contribution in [-0.2, 0) is 39.2 Å². The molecule has 1 saturated carbocycles. The molecule has 1 saturated heterocycles. The van der Waals surface area contributed by atoms with Gasteiger partial charge in [-0.1, -0.05) is 12.2 Å². The molecule has 2 fully saturated rings. The number of nitrogen functional groups attached to an aromatic ring is 1. The topological polar surface area (TPSA) is 231 Å². The summed E-state index contributed by atoms with van der Waals surface area (Å²) in [7, 11) is 1.21. The Labute approximate surface area is 247 Å². The van der Waals surface area contributed by atoms with Crippen LogP contribution in [0.3, 0.4) is 0 Å². The zero-order valence-electron chi connectivity index (χ0n) is 21.7. The zero-order chi connectivity index (χ0) is 30.2. The number of methoxy groups -OCH3 is 1. The molecule has 5 rings (SSSR count). The van der Waals surface area contributed by atoms with Gasteiger partial charge in [-0.3, -0.25) is 18.9 Å². The van der Waals surface area contributed by atoms with Crippen LogP contribution in [0.4, 0.5) is 16.2 Å². The fourth-order valence-corrected chi connectivity index (χ4v) is 7.60. The molecule has 0 amide bonds. The van der Waals surface area contributed by atoms with Crippen LogP contribution in [0.2, 0.25) is 0 Å². The van der Waals surface area contributed by atoms with E-state index in [0.29, 0.717) is 5.82 Å². The van der Waals surface area contributed by atoms with E-state index in [9.17, 15) is 19.4 Å². The molecule has 6 N–H and O–H groups in total. The van der Waals surface area contributed by atoms with Gasteiger partial charge < -0.3 is 39.4 Å². The van der Waals surface area contributed by atoms with Gasteiger partial charge in [0.05, 0.1) is 25.6 Å². The van der Waals surface area contributed by atoms with E-state index in [0.717, 1.165) is 10.9 Å². The number of hydrogen-bond donors (Lipinski definition) is 6. The predicted molar refractivity (Wildman–Crippen MR) is 152 cm³/mol. The minimum atomic E-state index is -4.37. The number of aromatic nitrogens is 6. The number of nitrogens with one attached hydrogen (secondary N) is 2. The maximum absolute atomic E-state index is 15.7. The first-order valence-electron chi connectivity index (χ1n) is 12.3.